The first-order chi connectivity index (χ1) is 7.20. The van der Waals surface area contributed by atoms with E-state index in [2.05, 4.69) is 16.1 Å². The molecule has 1 aliphatic rings. The molecule has 3 nitrogen and oxygen atoms in total. The summed E-state index contributed by atoms with van der Waals surface area (Å²) in [5, 5.41) is 9.10. The fraction of sp³-hybridized carbons (Fsp3) is 0.364. The Bertz CT molecular complexity index is 392. The van der Waals surface area contributed by atoms with Crippen molar-refractivity contribution < 1.29 is 9.90 Å². The molecule has 15 heavy (non-hydrogen) atoms. The minimum atomic E-state index is -0.863. The SMILES string of the molecule is O=C(O)c1cccc2c1N(Br)CCCC2. The molecule has 1 aromatic rings. The van der Waals surface area contributed by atoms with Crippen molar-refractivity contribution in [1.82, 2.24) is 0 Å². The molecule has 1 aromatic carbocycles. The molecular weight excluding hydrogens is 258 g/mol. The van der Waals surface area contributed by atoms with Crippen LogP contribution in [0.3, 0.4) is 0 Å². The molecule has 0 aromatic heterocycles. The maximum atomic E-state index is 11.1. The van der Waals surface area contributed by atoms with E-state index in [0.717, 1.165) is 37.1 Å². The number of aryl methyl sites for hydroxylation is 1. The van der Waals surface area contributed by atoms with Gasteiger partial charge in [-0.15, -0.1) is 0 Å². The summed E-state index contributed by atoms with van der Waals surface area (Å²) >= 11 is 3.43. The van der Waals surface area contributed by atoms with Gasteiger partial charge in [0, 0.05) is 22.7 Å². The predicted molar refractivity (Wildman–Crippen MR) is 62.6 cm³/mol. The molecular formula is C11H12BrNO2. The van der Waals surface area contributed by atoms with Gasteiger partial charge in [-0.05, 0) is 30.9 Å². The van der Waals surface area contributed by atoms with Crippen molar-refractivity contribution in [3.8, 4) is 0 Å². The highest BCUT2D eigenvalue weighted by Gasteiger charge is 2.20. The smallest absolute Gasteiger partial charge is 0.337 e. The highest BCUT2D eigenvalue weighted by molar-refractivity contribution is 9.10. The van der Waals surface area contributed by atoms with Crippen LogP contribution < -0.4 is 3.93 Å². The van der Waals surface area contributed by atoms with E-state index < -0.39 is 5.97 Å². The number of aromatic carboxylic acids is 1. The Morgan fingerprint density at radius 2 is 2.20 bits per heavy atom. The lowest BCUT2D eigenvalue weighted by atomic mass is 10.0. The average molecular weight is 270 g/mol. The Kier molecular flexibility index (Phi) is 2.95. The van der Waals surface area contributed by atoms with Crippen LogP contribution in [0.25, 0.3) is 0 Å². The van der Waals surface area contributed by atoms with E-state index in [9.17, 15) is 4.79 Å². The molecule has 1 aliphatic heterocycles. The lowest BCUT2D eigenvalue weighted by Crippen LogP contribution is -2.14. The number of para-hydroxylation sites is 1. The summed E-state index contributed by atoms with van der Waals surface area (Å²) in [6.07, 6.45) is 3.15. The summed E-state index contributed by atoms with van der Waals surface area (Å²) in [7, 11) is 0. The first-order valence-electron chi connectivity index (χ1n) is 4.98. The molecule has 0 radical (unpaired) electrons. The van der Waals surface area contributed by atoms with Gasteiger partial charge in [-0.25, -0.2) is 4.79 Å². The zero-order valence-electron chi connectivity index (χ0n) is 8.24. The number of benzene rings is 1. The van der Waals surface area contributed by atoms with Gasteiger partial charge >= 0.3 is 5.97 Å². The number of carbonyl (C=O) groups is 1. The molecule has 4 heteroatoms. The molecule has 1 heterocycles. The van der Waals surface area contributed by atoms with Crippen molar-refractivity contribution in [3.05, 3.63) is 29.3 Å². The van der Waals surface area contributed by atoms with Crippen molar-refractivity contribution >= 4 is 27.8 Å². The van der Waals surface area contributed by atoms with E-state index in [0.29, 0.717) is 5.56 Å². The fourth-order valence-corrected chi connectivity index (χ4v) is 2.60. The van der Waals surface area contributed by atoms with Crippen molar-refractivity contribution in [3.63, 3.8) is 0 Å². The number of carboxylic acids is 1. The number of hydrogen-bond acceptors (Lipinski definition) is 2. The maximum absolute atomic E-state index is 11.1. The van der Waals surface area contributed by atoms with Crippen LogP contribution in [0.5, 0.6) is 0 Å². The van der Waals surface area contributed by atoms with Crippen LogP contribution in [-0.4, -0.2) is 17.6 Å². The van der Waals surface area contributed by atoms with Gasteiger partial charge < -0.3 is 9.03 Å². The first kappa shape index (κ1) is 10.5. The van der Waals surface area contributed by atoms with E-state index in [1.165, 1.54) is 0 Å². The summed E-state index contributed by atoms with van der Waals surface area (Å²) < 4.78 is 1.87. The van der Waals surface area contributed by atoms with Gasteiger partial charge in [0.15, 0.2) is 0 Å². The van der Waals surface area contributed by atoms with Crippen LogP contribution >= 0.6 is 16.1 Å². The third kappa shape index (κ3) is 2.00. The van der Waals surface area contributed by atoms with E-state index in [1.807, 2.05) is 16.1 Å². The number of halogens is 1. The van der Waals surface area contributed by atoms with Gasteiger partial charge in [-0.1, -0.05) is 12.1 Å². The number of nitrogens with zero attached hydrogens (tertiary/aromatic N) is 1. The number of anilines is 1. The largest absolute Gasteiger partial charge is 0.478 e. The minimum Gasteiger partial charge on any atom is -0.478 e. The Balaban J connectivity index is 2.55. The summed E-state index contributed by atoms with van der Waals surface area (Å²) in [5.41, 5.74) is 2.32. The van der Waals surface area contributed by atoms with Crippen LogP contribution in [0.2, 0.25) is 0 Å². The molecule has 0 saturated heterocycles. The Hall–Kier alpha value is -1.03. The van der Waals surface area contributed by atoms with Crippen LogP contribution in [0.4, 0.5) is 5.69 Å². The van der Waals surface area contributed by atoms with Crippen LogP contribution in [0, 0.1) is 0 Å². The summed E-state index contributed by atoms with van der Waals surface area (Å²) in [5.74, 6) is -0.863. The fourth-order valence-electron chi connectivity index (χ4n) is 1.93. The highest BCUT2D eigenvalue weighted by atomic mass is 79.9. The molecule has 0 atom stereocenters. The molecule has 80 valence electrons. The van der Waals surface area contributed by atoms with Gasteiger partial charge in [-0.3, -0.25) is 0 Å². The van der Waals surface area contributed by atoms with Gasteiger partial charge in [0.2, 0.25) is 0 Å². The molecule has 0 bridgehead atoms. The lowest BCUT2D eigenvalue weighted by molar-refractivity contribution is 0.0697. The molecule has 1 N–H and O–H groups in total. The lowest BCUT2D eigenvalue weighted by Gasteiger charge is -2.18. The number of fused-ring (bicyclic) bond motifs is 1. The maximum Gasteiger partial charge on any atom is 0.337 e. The second kappa shape index (κ2) is 4.23. The Labute approximate surface area is 97.0 Å². The van der Waals surface area contributed by atoms with Crippen molar-refractivity contribution in [2.24, 2.45) is 0 Å². The predicted octanol–water partition coefficient (Wildman–Crippen LogP) is 2.84. The number of hydrogen-bond donors (Lipinski definition) is 1. The molecule has 0 amide bonds. The normalized spacial score (nSPS) is 15.7. The topological polar surface area (TPSA) is 40.5 Å². The second-order valence-corrected chi connectivity index (χ2v) is 4.52. The van der Waals surface area contributed by atoms with Crippen molar-refractivity contribution in [2.75, 3.05) is 10.5 Å². The standard InChI is InChI=1S/C11H12BrNO2/c12-13-7-2-1-4-8-5-3-6-9(10(8)13)11(14)15/h3,5-6H,1-2,4,7H2,(H,14,15). The highest BCUT2D eigenvalue weighted by Crippen LogP contribution is 2.32. The van der Waals surface area contributed by atoms with Crippen molar-refractivity contribution in [2.45, 2.75) is 19.3 Å². The zero-order valence-corrected chi connectivity index (χ0v) is 9.83. The third-order valence-electron chi connectivity index (χ3n) is 2.64. The molecule has 0 saturated carbocycles. The van der Waals surface area contributed by atoms with Gasteiger partial charge in [-0.2, -0.15) is 0 Å². The number of carboxylic acid groups (broad SMARTS) is 1. The van der Waals surface area contributed by atoms with Gasteiger partial charge in [0.1, 0.15) is 0 Å². The van der Waals surface area contributed by atoms with Gasteiger partial charge in [0.05, 0.1) is 11.3 Å². The van der Waals surface area contributed by atoms with Crippen LogP contribution in [-0.2, 0) is 6.42 Å². The Morgan fingerprint density at radius 1 is 1.40 bits per heavy atom. The third-order valence-corrected chi connectivity index (χ3v) is 3.35. The van der Waals surface area contributed by atoms with E-state index >= 15 is 0 Å². The first-order valence-corrected chi connectivity index (χ1v) is 5.69. The summed E-state index contributed by atoms with van der Waals surface area (Å²) in [6.45, 7) is 0.858. The van der Waals surface area contributed by atoms with Crippen LogP contribution in [0.1, 0.15) is 28.8 Å². The van der Waals surface area contributed by atoms with Crippen LogP contribution in [0.15, 0.2) is 18.2 Å². The minimum absolute atomic E-state index is 0.381. The van der Waals surface area contributed by atoms with Crippen molar-refractivity contribution in [1.29, 1.82) is 0 Å². The Morgan fingerprint density at radius 3 is 2.93 bits per heavy atom. The quantitative estimate of drug-likeness (QED) is 0.798. The second-order valence-electron chi connectivity index (χ2n) is 3.66. The monoisotopic (exact) mass is 269 g/mol. The average Bonchev–Trinajstić information content (AvgIpc) is 2.40. The van der Waals surface area contributed by atoms with Gasteiger partial charge in [0.25, 0.3) is 0 Å². The molecule has 2 rings (SSSR count). The summed E-state index contributed by atoms with van der Waals surface area (Å²) in [4.78, 5) is 11.1. The zero-order chi connectivity index (χ0) is 10.8. The molecule has 0 spiro atoms. The van der Waals surface area contributed by atoms with E-state index in [-0.39, 0.29) is 0 Å². The summed E-state index contributed by atoms with van der Waals surface area (Å²) in [6, 6.07) is 5.47. The van der Waals surface area contributed by atoms with E-state index in [4.69, 9.17) is 5.11 Å². The van der Waals surface area contributed by atoms with E-state index in [1.54, 1.807) is 6.07 Å². The molecule has 0 fully saturated rings. The number of rotatable bonds is 1. The molecule has 0 aliphatic carbocycles. The molecule has 0 unspecified atom stereocenters.